The highest BCUT2D eigenvalue weighted by atomic mass is 16.5. The smallest absolute Gasteiger partial charge is 0.329 e. The monoisotopic (exact) mass is 317 g/mol. The number of aryl methyl sites for hydroxylation is 1. The summed E-state index contributed by atoms with van der Waals surface area (Å²) in [5, 5.41) is 9.71. The van der Waals surface area contributed by atoms with Crippen LogP contribution in [-0.4, -0.2) is 51.2 Å². The van der Waals surface area contributed by atoms with Crippen LogP contribution >= 0.6 is 0 Å². The van der Waals surface area contributed by atoms with Crippen LogP contribution in [0.5, 0.6) is 0 Å². The molecule has 3 rings (SSSR count). The molecular weight excluding hydrogens is 298 g/mol. The standard InChI is InChI=1S/C16H19N3O4/c1-2-19-13-8-18(14(20)9-23-10-15(21)22)7-5-11(13)12-4-3-6-17-16(12)19/h3-4,6H,2,5,7-10H2,1H3,(H,21,22). The highest BCUT2D eigenvalue weighted by molar-refractivity contribution is 5.84. The van der Waals surface area contributed by atoms with Crippen LogP contribution in [0, 0.1) is 0 Å². The van der Waals surface area contributed by atoms with Crippen LogP contribution in [0.15, 0.2) is 18.3 Å². The molecule has 23 heavy (non-hydrogen) atoms. The summed E-state index contributed by atoms with van der Waals surface area (Å²) in [4.78, 5) is 28.8. The first-order valence-corrected chi connectivity index (χ1v) is 7.64. The SMILES string of the molecule is CCn1c2c(c3cccnc31)CCN(C(=O)COCC(=O)O)C2. The van der Waals surface area contributed by atoms with E-state index in [1.807, 2.05) is 6.07 Å². The molecule has 0 bridgehead atoms. The number of aliphatic carboxylic acids is 1. The van der Waals surface area contributed by atoms with E-state index < -0.39 is 12.6 Å². The van der Waals surface area contributed by atoms with Gasteiger partial charge >= 0.3 is 5.97 Å². The molecule has 0 saturated carbocycles. The van der Waals surface area contributed by atoms with Gasteiger partial charge in [-0.15, -0.1) is 0 Å². The Morgan fingerprint density at radius 2 is 2.22 bits per heavy atom. The fourth-order valence-corrected chi connectivity index (χ4v) is 3.13. The van der Waals surface area contributed by atoms with Gasteiger partial charge in [-0.05, 0) is 31.0 Å². The summed E-state index contributed by atoms with van der Waals surface area (Å²) in [6, 6.07) is 4.00. The molecule has 1 N–H and O–H groups in total. The molecule has 7 heteroatoms. The Bertz CT molecular complexity index is 720. The summed E-state index contributed by atoms with van der Waals surface area (Å²) in [5.74, 6) is -1.26. The van der Waals surface area contributed by atoms with Gasteiger partial charge in [-0.25, -0.2) is 9.78 Å². The fraction of sp³-hybridized carbons (Fsp3) is 0.438. The number of ether oxygens (including phenoxy) is 1. The number of amides is 1. The van der Waals surface area contributed by atoms with Gasteiger partial charge < -0.3 is 19.3 Å². The number of carboxylic acids is 1. The lowest BCUT2D eigenvalue weighted by Gasteiger charge is -2.28. The molecule has 0 radical (unpaired) electrons. The molecule has 1 aliphatic heterocycles. The van der Waals surface area contributed by atoms with E-state index in [2.05, 4.69) is 22.5 Å². The van der Waals surface area contributed by atoms with Gasteiger partial charge in [0, 0.05) is 30.4 Å². The van der Waals surface area contributed by atoms with Crippen LogP contribution in [0.25, 0.3) is 11.0 Å². The van der Waals surface area contributed by atoms with Crippen LogP contribution < -0.4 is 0 Å². The predicted octanol–water partition coefficient (Wildman–Crippen LogP) is 1.04. The second-order valence-corrected chi connectivity index (χ2v) is 5.50. The van der Waals surface area contributed by atoms with Crippen molar-refractivity contribution in [1.29, 1.82) is 0 Å². The third-order valence-corrected chi connectivity index (χ3v) is 4.13. The summed E-state index contributed by atoms with van der Waals surface area (Å²) in [6.45, 7) is 3.32. The molecule has 0 atom stereocenters. The van der Waals surface area contributed by atoms with Crippen LogP contribution in [0.3, 0.4) is 0 Å². The lowest BCUT2D eigenvalue weighted by Crippen LogP contribution is -2.39. The molecule has 2 aromatic heterocycles. The lowest BCUT2D eigenvalue weighted by molar-refractivity contribution is -0.146. The number of hydrogen-bond donors (Lipinski definition) is 1. The molecule has 0 fully saturated rings. The molecule has 7 nitrogen and oxygen atoms in total. The van der Waals surface area contributed by atoms with Gasteiger partial charge in [0.05, 0.1) is 6.54 Å². The van der Waals surface area contributed by atoms with E-state index in [9.17, 15) is 9.59 Å². The minimum atomic E-state index is -1.07. The highest BCUT2D eigenvalue weighted by Gasteiger charge is 2.26. The van der Waals surface area contributed by atoms with Gasteiger partial charge in [-0.2, -0.15) is 0 Å². The minimum Gasteiger partial charge on any atom is -0.480 e. The molecule has 0 saturated heterocycles. The van der Waals surface area contributed by atoms with Gasteiger partial charge in [0.15, 0.2) is 0 Å². The number of hydrogen-bond acceptors (Lipinski definition) is 4. The Hall–Kier alpha value is -2.41. The van der Waals surface area contributed by atoms with Gasteiger partial charge in [0.1, 0.15) is 18.9 Å². The number of nitrogens with zero attached hydrogens (tertiary/aromatic N) is 3. The topological polar surface area (TPSA) is 84.7 Å². The first-order chi connectivity index (χ1) is 11.1. The van der Waals surface area contributed by atoms with Gasteiger partial charge in [0.25, 0.3) is 0 Å². The van der Waals surface area contributed by atoms with Crippen molar-refractivity contribution in [2.45, 2.75) is 26.4 Å². The third kappa shape index (κ3) is 2.92. The van der Waals surface area contributed by atoms with Crippen molar-refractivity contribution in [3.8, 4) is 0 Å². The molecule has 0 aromatic carbocycles. The summed E-state index contributed by atoms with van der Waals surface area (Å²) in [7, 11) is 0. The Labute approximate surface area is 133 Å². The van der Waals surface area contributed by atoms with Crippen molar-refractivity contribution in [1.82, 2.24) is 14.5 Å². The number of fused-ring (bicyclic) bond motifs is 3. The Balaban J connectivity index is 1.80. The molecule has 0 aliphatic carbocycles. The van der Waals surface area contributed by atoms with Crippen molar-refractivity contribution in [3.05, 3.63) is 29.6 Å². The maximum absolute atomic E-state index is 12.2. The van der Waals surface area contributed by atoms with E-state index in [-0.39, 0.29) is 12.5 Å². The fourth-order valence-electron chi connectivity index (χ4n) is 3.13. The van der Waals surface area contributed by atoms with Crippen molar-refractivity contribution in [2.75, 3.05) is 19.8 Å². The maximum atomic E-state index is 12.2. The van der Waals surface area contributed by atoms with E-state index in [0.717, 1.165) is 29.7 Å². The summed E-state index contributed by atoms with van der Waals surface area (Å²) in [6.07, 6.45) is 2.55. The molecular formula is C16H19N3O4. The third-order valence-electron chi connectivity index (χ3n) is 4.13. The van der Waals surface area contributed by atoms with Crippen LogP contribution in [0.1, 0.15) is 18.2 Å². The first-order valence-electron chi connectivity index (χ1n) is 7.64. The quantitative estimate of drug-likeness (QED) is 0.891. The number of carboxylic acid groups (broad SMARTS) is 1. The second-order valence-electron chi connectivity index (χ2n) is 5.50. The Kier molecular flexibility index (Phi) is 4.29. The van der Waals surface area contributed by atoms with Crippen LogP contribution in [0.2, 0.25) is 0 Å². The average molecular weight is 317 g/mol. The molecule has 2 aromatic rings. The van der Waals surface area contributed by atoms with Gasteiger partial charge in [-0.3, -0.25) is 4.79 Å². The first kappa shape index (κ1) is 15.5. The predicted molar refractivity (Wildman–Crippen MR) is 83.0 cm³/mol. The van der Waals surface area contributed by atoms with Gasteiger partial charge in [0.2, 0.25) is 5.91 Å². The van der Waals surface area contributed by atoms with Crippen molar-refractivity contribution in [3.63, 3.8) is 0 Å². The van der Waals surface area contributed by atoms with Crippen LogP contribution in [0.4, 0.5) is 0 Å². The van der Waals surface area contributed by atoms with Crippen molar-refractivity contribution < 1.29 is 19.4 Å². The number of rotatable bonds is 5. The van der Waals surface area contributed by atoms with E-state index in [4.69, 9.17) is 9.84 Å². The second kappa shape index (κ2) is 6.37. The number of carbonyl (C=O) groups is 2. The van der Waals surface area contributed by atoms with E-state index in [0.29, 0.717) is 13.1 Å². The zero-order valence-corrected chi connectivity index (χ0v) is 13.0. The molecule has 0 spiro atoms. The molecule has 0 unspecified atom stereocenters. The normalized spacial score (nSPS) is 14.0. The number of carbonyl (C=O) groups excluding carboxylic acids is 1. The van der Waals surface area contributed by atoms with E-state index >= 15 is 0 Å². The van der Waals surface area contributed by atoms with E-state index in [1.54, 1.807) is 11.1 Å². The average Bonchev–Trinajstić information content (AvgIpc) is 2.87. The summed E-state index contributed by atoms with van der Waals surface area (Å²) in [5.41, 5.74) is 3.32. The Morgan fingerprint density at radius 3 is 2.96 bits per heavy atom. The summed E-state index contributed by atoms with van der Waals surface area (Å²) >= 11 is 0. The zero-order valence-electron chi connectivity index (χ0n) is 13.0. The molecule has 3 heterocycles. The molecule has 1 amide bonds. The Morgan fingerprint density at radius 1 is 1.39 bits per heavy atom. The van der Waals surface area contributed by atoms with Crippen LogP contribution in [-0.2, 0) is 33.8 Å². The lowest BCUT2D eigenvalue weighted by atomic mass is 10.0. The summed E-state index contributed by atoms with van der Waals surface area (Å²) < 4.78 is 7.04. The van der Waals surface area contributed by atoms with Crippen molar-refractivity contribution in [2.24, 2.45) is 0 Å². The number of aromatic nitrogens is 2. The highest BCUT2D eigenvalue weighted by Crippen LogP contribution is 2.29. The molecule has 1 aliphatic rings. The van der Waals surface area contributed by atoms with Crippen molar-refractivity contribution >= 4 is 22.9 Å². The number of pyridine rings is 1. The largest absolute Gasteiger partial charge is 0.480 e. The molecule has 122 valence electrons. The van der Waals surface area contributed by atoms with E-state index in [1.165, 1.54) is 5.56 Å². The van der Waals surface area contributed by atoms with Gasteiger partial charge in [-0.1, -0.05) is 0 Å². The minimum absolute atomic E-state index is 0.183. The maximum Gasteiger partial charge on any atom is 0.329 e. The zero-order chi connectivity index (χ0) is 16.4.